The minimum absolute atomic E-state index is 0.132. The zero-order valence-corrected chi connectivity index (χ0v) is 19.1. The lowest BCUT2D eigenvalue weighted by Gasteiger charge is -2.21. The summed E-state index contributed by atoms with van der Waals surface area (Å²) in [5, 5.41) is 6.46. The van der Waals surface area contributed by atoms with Gasteiger partial charge in [-0.3, -0.25) is 9.59 Å². The number of amides is 2. The van der Waals surface area contributed by atoms with Crippen LogP contribution in [0.2, 0.25) is 5.02 Å². The third-order valence-corrected chi connectivity index (χ3v) is 5.50. The van der Waals surface area contributed by atoms with E-state index in [2.05, 4.69) is 10.6 Å². The molecule has 0 unspecified atom stereocenters. The Morgan fingerprint density at radius 2 is 1.18 bits per heavy atom. The van der Waals surface area contributed by atoms with Crippen LogP contribution < -0.4 is 10.6 Å². The zero-order valence-electron chi connectivity index (χ0n) is 18.3. The Hall–Kier alpha value is -4.15. The molecule has 0 bridgehead atoms. The fourth-order valence-corrected chi connectivity index (χ4v) is 3.65. The standard InChI is InChI=1S/C29H23ClN2O2/c30-25-18-16-21(17-19-25)20-26(31-28(33)24-14-8-3-9-15-24)29(34)32-27(22-10-4-1-5-11-22)23-12-6-2-7-13-23/h1-20,27H,(H,31,33)(H,32,34)/b26-20-. The molecule has 5 heteroatoms. The number of benzene rings is 4. The number of rotatable bonds is 7. The van der Waals surface area contributed by atoms with Crippen molar-refractivity contribution in [2.75, 3.05) is 0 Å². The third-order valence-electron chi connectivity index (χ3n) is 5.25. The van der Waals surface area contributed by atoms with Gasteiger partial charge in [-0.05, 0) is 47.0 Å². The first-order valence-corrected chi connectivity index (χ1v) is 11.2. The highest BCUT2D eigenvalue weighted by atomic mass is 35.5. The molecule has 0 radical (unpaired) electrons. The lowest BCUT2D eigenvalue weighted by Crippen LogP contribution is -2.37. The first kappa shape index (κ1) is 23.0. The van der Waals surface area contributed by atoms with Crippen molar-refractivity contribution in [2.24, 2.45) is 0 Å². The van der Waals surface area contributed by atoms with Gasteiger partial charge < -0.3 is 10.6 Å². The molecule has 0 fully saturated rings. The SMILES string of the molecule is O=C(NC(c1ccccc1)c1ccccc1)/C(=C/c1ccc(Cl)cc1)NC(=O)c1ccccc1. The van der Waals surface area contributed by atoms with E-state index in [-0.39, 0.29) is 11.6 Å². The quantitative estimate of drug-likeness (QED) is 0.327. The van der Waals surface area contributed by atoms with E-state index in [1.807, 2.05) is 66.7 Å². The van der Waals surface area contributed by atoms with Crippen LogP contribution in [0.15, 0.2) is 121 Å². The molecule has 0 heterocycles. The topological polar surface area (TPSA) is 58.2 Å². The van der Waals surface area contributed by atoms with Crippen LogP contribution in [0.3, 0.4) is 0 Å². The van der Waals surface area contributed by atoms with Crippen molar-refractivity contribution in [1.82, 2.24) is 10.6 Å². The molecular weight excluding hydrogens is 444 g/mol. The summed E-state index contributed by atoms with van der Waals surface area (Å²) in [5.74, 6) is -0.774. The zero-order chi connectivity index (χ0) is 23.8. The van der Waals surface area contributed by atoms with Crippen molar-refractivity contribution in [2.45, 2.75) is 6.04 Å². The number of nitrogens with one attached hydrogen (secondary N) is 2. The molecule has 0 saturated heterocycles. The summed E-state index contributed by atoms with van der Waals surface area (Å²) in [5.41, 5.74) is 3.19. The largest absolute Gasteiger partial charge is 0.340 e. The molecule has 4 aromatic carbocycles. The Bertz CT molecular complexity index is 1230. The van der Waals surface area contributed by atoms with Crippen molar-refractivity contribution in [3.05, 3.63) is 148 Å². The fraction of sp³-hybridized carbons (Fsp3) is 0.0345. The maximum Gasteiger partial charge on any atom is 0.268 e. The molecule has 34 heavy (non-hydrogen) atoms. The predicted molar refractivity (Wildman–Crippen MR) is 136 cm³/mol. The van der Waals surface area contributed by atoms with Gasteiger partial charge >= 0.3 is 0 Å². The lowest BCUT2D eigenvalue weighted by atomic mass is 9.98. The first-order chi connectivity index (χ1) is 16.6. The van der Waals surface area contributed by atoms with E-state index in [4.69, 9.17) is 11.6 Å². The highest BCUT2D eigenvalue weighted by Gasteiger charge is 2.21. The summed E-state index contributed by atoms with van der Waals surface area (Å²) < 4.78 is 0. The van der Waals surface area contributed by atoms with E-state index in [0.717, 1.165) is 16.7 Å². The minimum atomic E-state index is -0.406. The van der Waals surface area contributed by atoms with Crippen LogP contribution in [-0.2, 0) is 4.79 Å². The van der Waals surface area contributed by atoms with Gasteiger partial charge in [-0.1, -0.05) is 103 Å². The van der Waals surface area contributed by atoms with Crippen molar-refractivity contribution in [1.29, 1.82) is 0 Å². The van der Waals surface area contributed by atoms with Gasteiger partial charge in [0.25, 0.3) is 11.8 Å². The van der Waals surface area contributed by atoms with E-state index in [1.54, 1.807) is 54.6 Å². The molecule has 0 aliphatic carbocycles. The Balaban J connectivity index is 1.67. The molecule has 4 rings (SSSR count). The van der Waals surface area contributed by atoms with E-state index in [0.29, 0.717) is 10.6 Å². The minimum Gasteiger partial charge on any atom is -0.340 e. The summed E-state index contributed by atoms with van der Waals surface area (Å²) in [6.07, 6.45) is 1.64. The number of carbonyl (C=O) groups is 2. The second kappa shape index (κ2) is 11.1. The molecule has 0 aliphatic heterocycles. The van der Waals surface area contributed by atoms with Crippen molar-refractivity contribution < 1.29 is 9.59 Å². The molecule has 0 saturated carbocycles. The van der Waals surface area contributed by atoms with Gasteiger partial charge in [0.15, 0.2) is 0 Å². The fourth-order valence-electron chi connectivity index (χ4n) is 3.53. The lowest BCUT2D eigenvalue weighted by molar-refractivity contribution is -0.118. The summed E-state index contributed by atoms with van der Waals surface area (Å²) in [6, 6.07) is 34.9. The normalized spacial score (nSPS) is 11.2. The number of halogens is 1. The van der Waals surface area contributed by atoms with Crippen LogP contribution in [-0.4, -0.2) is 11.8 Å². The maximum absolute atomic E-state index is 13.5. The summed E-state index contributed by atoms with van der Waals surface area (Å²) in [4.78, 5) is 26.4. The molecule has 4 aromatic rings. The van der Waals surface area contributed by atoms with E-state index >= 15 is 0 Å². The van der Waals surface area contributed by atoms with Crippen LogP contribution in [0.5, 0.6) is 0 Å². The molecular formula is C29H23ClN2O2. The number of hydrogen-bond donors (Lipinski definition) is 2. The monoisotopic (exact) mass is 466 g/mol. The van der Waals surface area contributed by atoms with Crippen LogP contribution in [0.1, 0.15) is 33.1 Å². The smallest absolute Gasteiger partial charge is 0.268 e. The van der Waals surface area contributed by atoms with Crippen molar-refractivity contribution in [3.8, 4) is 0 Å². The number of hydrogen-bond acceptors (Lipinski definition) is 2. The van der Waals surface area contributed by atoms with Gasteiger partial charge in [0.2, 0.25) is 0 Å². The average molecular weight is 467 g/mol. The average Bonchev–Trinajstić information content (AvgIpc) is 2.89. The molecule has 0 aromatic heterocycles. The summed E-state index contributed by atoms with van der Waals surface area (Å²) in [6.45, 7) is 0. The maximum atomic E-state index is 13.5. The Morgan fingerprint density at radius 3 is 1.71 bits per heavy atom. The van der Waals surface area contributed by atoms with Crippen LogP contribution >= 0.6 is 11.6 Å². The summed E-state index contributed by atoms with van der Waals surface area (Å²) >= 11 is 6.01. The number of carbonyl (C=O) groups excluding carboxylic acids is 2. The molecule has 0 atom stereocenters. The molecule has 4 nitrogen and oxygen atoms in total. The van der Waals surface area contributed by atoms with Gasteiger partial charge in [0.1, 0.15) is 5.70 Å². The molecule has 2 amide bonds. The highest BCUT2D eigenvalue weighted by molar-refractivity contribution is 6.30. The van der Waals surface area contributed by atoms with E-state index < -0.39 is 11.9 Å². The van der Waals surface area contributed by atoms with Gasteiger partial charge in [-0.25, -0.2) is 0 Å². The van der Waals surface area contributed by atoms with Crippen molar-refractivity contribution in [3.63, 3.8) is 0 Å². The highest BCUT2D eigenvalue weighted by Crippen LogP contribution is 2.22. The first-order valence-electron chi connectivity index (χ1n) is 10.8. The van der Waals surface area contributed by atoms with E-state index in [1.165, 1.54) is 0 Å². The van der Waals surface area contributed by atoms with Crippen LogP contribution in [0.25, 0.3) is 6.08 Å². The molecule has 168 valence electrons. The van der Waals surface area contributed by atoms with Gasteiger partial charge in [0, 0.05) is 10.6 Å². The second-order valence-electron chi connectivity index (χ2n) is 7.66. The van der Waals surface area contributed by atoms with Crippen LogP contribution in [0.4, 0.5) is 0 Å². The van der Waals surface area contributed by atoms with Crippen molar-refractivity contribution >= 4 is 29.5 Å². The van der Waals surface area contributed by atoms with Crippen LogP contribution in [0, 0.1) is 0 Å². The van der Waals surface area contributed by atoms with Gasteiger partial charge in [-0.15, -0.1) is 0 Å². The molecule has 0 spiro atoms. The molecule has 0 aliphatic rings. The third kappa shape index (κ3) is 6.00. The Morgan fingerprint density at radius 1 is 0.676 bits per heavy atom. The Labute approximate surface area is 203 Å². The van der Waals surface area contributed by atoms with E-state index in [9.17, 15) is 9.59 Å². The predicted octanol–water partition coefficient (Wildman–Crippen LogP) is 6.02. The van der Waals surface area contributed by atoms with Gasteiger partial charge in [-0.2, -0.15) is 0 Å². The van der Waals surface area contributed by atoms with Gasteiger partial charge in [0.05, 0.1) is 6.04 Å². The Kier molecular flexibility index (Phi) is 7.53. The summed E-state index contributed by atoms with van der Waals surface area (Å²) in [7, 11) is 0. The molecule has 2 N–H and O–H groups in total. The second-order valence-corrected chi connectivity index (χ2v) is 8.09.